The molecular weight excluding hydrogens is 296 g/mol. The van der Waals surface area contributed by atoms with Crippen LogP contribution in [0, 0.1) is 0 Å². The summed E-state index contributed by atoms with van der Waals surface area (Å²) >= 11 is 5.70. The number of rotatable bonds is 4. The normalized spacial score (nSPS) is 20.1. The van der Waals surface area contributed by atoms with Crippen LogP contribution in [0.25, 0.3) is 0 Å². The SMILES string of the molecule is CN(Cc1ccc(CN)cc1Br)C1CCSC1. The average molecular weight is 315 g/mol. The van der Waals surface area contributed by atoms with Crippen LogP contribution < -0.4 is 5.73 Å². The maximum Gasteiger partial charge on any atom is 0.0245 e. The van der Waals surface area contributed by atoms with E-state index in [1.165, 1.54) is 33.5 Å². The largest absolute Gasteiger partial charge is 0.326 e. The summed E-state index contributed by atoms with van der Waals surface area (Å²) in [5, 5.41) is 0. The van der Waals surface area contributed by atoms with Crippen LogP contribution in [0.3, 0.4) is 0 Å². The van der Waals surface area contributed by atoms with Crippen molar-refractivity contribution >= 4 is 27.7 Å². The van der Waals surface area contributed by atoms with Crippen molar-refractivity contribution in [1.29, 1.82) is 0 Å². The molecule has 1 heterocycles. The Morgan fingerprint density at radius 3 is 2.94 bits per heavy atom. The van der Waals surface area contributed by atoms with Gasteiger partial charge in [0.05, 0.1) is 0 Å². The van der Waals surface area contributed by atoms with Gasteiger partial charge in [-0.2, -0.15) is 11.8 Å². The minimum atomic E-state index is 0.605. The molecule has 2 nitrogen and oxygen atoms in total. The zero-order valence-electron chi connectivity index (χ0n) is 10.2. The molecule has 1 aliphatic rings. The van der Waals surface area contributed by atoms with Crippen molar-refractivity contribution in [2.45, 2.75) is 25.6 Å². The highest BCUT2D eigenvalue weighted by molar-refractivity contribution is 9.10. The van der Waals surface area contributed by atoms with Crippen LogP contribution in [-0.2, 0) is 13.1 Å². The van der Waals surface area contributed by atoms with E-state index in [0.29, 0.717) is 6.54 Å². The zero-order chi connectivity index (χ0) is 12.3. The standard InChI is InChI=1S/C13H19BrN2S/c1-16(12-4-5-17-9-12)8-11-3-2-10(7-15)6-13(11)14/h2-3,6,12H,4-5,7-9,15H2,1H3. The summed E-state index contributed by atoms with van der Waals surface area (Å²) in [7, 11) is 2.22. The number of hydrogen-bond donors (Lipinski definition) is 1. The molecule has 4 heteroatoms. The second-order valence-electron chi connectivity index (χ2n) is 4.56. The van der Waals surface area contributed by atoms with Crippen LogP contribution in [0.5, 0.6) is 0 Å². The molecule has 0 aromatic heterocycles. The molecule has 1 fully saturated rings. The van der Waals surface area contributed by atoms with Crippen molar-refractivity contribution in [3.05, 3.63) is 33.8 Å². The molecule has 0 saturated carbocycles. The van der Waals surface area contributed by atoms with Gasteiger partial charge in [-0.1, -0.05) is 28.1 Å². The van der Waals surface area contributed by atoms with Crippen LogP contribution in [0.1, 0.15) is 17.5 Å². The van der Waals surface area contributed by atoms with Gasteiger partial charge >= 0.3 is 0 Å². The molecule has 1 unspecified atom stereocenters. The Kier molecular flexibility index (Phi) is 4.91. The summed E-state index contributed by atoms with van der Waals surface area (Å²) in [5.74, 6) is 2.58. The quantitative estimate of drug-likeness (QED) is 0.926. The Morgan fingerprint density at radius 2 is 2.35 bits per heavy atom. The number of nitrogens with two attached hydrogens (primary N) is 1. The zero-order valence-corrected chi connectivity index (χ0v) is 12.6. The Bertz CT molecular complexity index is 378. The molecule has 1 aromatic rings. The van der Waals surface area contributed by atoms with E-state index in [9.17, 15) is 0 Å². The molecule has 1 aromatic carbocycles. The molecule has 94 valence electrons. The predicted octanol–water partition coefficient (Wildman–Crippen LogP) is 2.85. The van der Waals surface area contributed by atoms with Gasteiger partial charge in [0.15, 0.2) is 0 Å². The van der Waals surface area contributed by atoms with Gasteiger partial charge in [0.2, 0.25) is 0 Å². The van der Waals surface area contributed by atoms with Crippen molar-refractivity contribution < 1.29 is 0 Å². The second kappa shape index (κ2) is 6.23. The summed E-state index contributed by atoms with van der Waals surface area (Å²) in [6, 6.07) is 7.18. The summed E-state index contributed by atoms with van der Waals surface area (Å²) in [4.78, 5) is 2.46. The lowest BCUT2D eigenvalue weighted by molar-refractivity contribution is 0.254. The molecule has 0 aliphatic carbocycles. The molecule has 2 rings (SSSR count). The van der Waals surface area contributed by atoms with E-state index in [0.717, 1.165) is 12.6 Å². The molecule has 0 radical (unpaired) electrons. The van der Waals surface area contributed by atoms with Crippen molar-refractivity contribution in [1.82, 2.24) is 4.90 Å². The highest BCUT2D eigenvalue weighted by Crippen LogP contribution is 2.25. The van der Waals surface area contributed by atoms with Crippen LogP contribution in [0.4, 0.5) is 0 Å². The highest BCUT2D eigenvalue weighted by atomic mass is 79.9. The van der Waals surface area contributed by atoms with Gasteiger partial charge in [-0.05, 0) is 36.4 Å². The highest BCUT2D eigenvalue weighted by Gasteiger charge is 2.20. The van der Waals surface area contributed by atoms with E-state index in [4.69, 9.17) is 5.73 Å². The van der Waals surface area contributed by atoms with E-state index >= 15 is 0 Å². The van der Waals surface area contributed by atoms with Crippen molar-refractivity contribution in [3.63, 3.8) is 0 Å². The first-order valence-electron chi connectivity index (χ1n) is 5.96. The Balaban J connectivity index is 2.02. The molecular formula is C13H19BrN2S. The van der Waals surface area contributed by atoms with Gasteiger partial charge in [0.25, 0.3) is 0 Å². The number of hydrogen-bond acceptors (Lipinski definition) is 3. The predicted molar refractivity (Wildman–Crippen MR) is 79.2 cm³/mol. The van der Waals surface area contributed by atoms with E-state index in [2.05, 4.69) is 57.8 Å². The molecule has 17 heavy (non-hydrogen) atoms. The smallest absolute Gasteiger partial charge is 0.0245 e. The van der Waals surface area contributed by atoms with Gasteiger partial charge in [-0.3, -0.25) is 4.90 Å². The van der Waals surface area contributed by atoms with E-state index in [1.54, 1.807) is 0 Å². The second-order valence-corrected chi connectivity index (χ2v) is 6.57. The third-order valence-electron chi connectivity index (χ3n) is 3.30. The lowest BCUT2D eigenvalue weighted by Gasteiger charge is -2.24. The lowest BCUT2D eigenvalue weighted by atomic mass is 10.1. The van der Waals surface area contributed by atoms with Crippen molar-refractivity contribution in [2.75, 3.05) is 18.6 Å². The van der Waals surface area contributed by atoms with E-state index < -0.39 is 0 Å². The number of halogens is 1. The van der Waals surface area contributed by atoms with Gasteiger partial charge in [-0.15, -0.1) is 0 Å². The molecule has 1 atom stereocenters. The van der Waals surface area contributed by atoms with Crippen LogP contribution >= 0.6 is 27.7 Å². The maximum absolute atomic E-state index is 5.64. The summed E-state index contributed by atoms with van der Waals surface area (Å²) in [5.41, 5.74) is 8.16. The first-order chi connectivity index (χ1) is 8.20. The van der Waals surface area contributed by atoms with Crippen LogP contribution in [0.2, 0.25) is 0 Å². The minimum absolute atomic E-state index is 0.605. The summed E-state index contributed by atoms with van der Waals surface area (Å²) < 4.78 is 1.18. The molecule has 1 aliphatic heterocycles. The first-order valence-corrected chi connectivity index (χ1v) is 7.91. The monoisotopic (exact) mass is 314 g/mol. The topological polar surface area (TPSA) is 29.3 Å². The Hall–Kier alpha value is -0.0300. The fourth-order valence-electron chi connectivity index (χ4n) is 2.11. The van der Waals surface area contributed by atoms with Gasteiger partial charge < -0.3 is 5.73 Å². The Labute approximate surface area is 116 Å². The first kappa shape index (κ1) is 13.4. The average Bonchev–Trinajstić information content (AvgIpc) is 2.85. The minimum Gasteiger partial charge on any atom is -0.326 e. The third kappa shape index (κ3) is 3.47. The number of nitrogens with zero attached hydrogens (tertiary/aromatic N) is 1. The molecule has 0 bridgehead atoms. The fourth-order valence-corrected chi connectivity index (χ4v) is 3.96. The van der Waals surface area contributed by atoms with Crippen molar-refractivity contribution in [2.24, 2.45) is 5.73 Å². The Morgan fingerprint density at radius 1 is 1.53 bits per heavy atom. The molecule has 2 N–H and O–H groups in total. The number of benzene rings is 1. The molecule has 0 spiro atoms. The molecule has 0 amide bonds. The van der Waals surface area contributed by atoms with Crippen molar-refractivity contribution in [3.8, 4) is 0 Å². The number of thioether (sulfide) groups is 1. The van der Waals surface area contributed by atoms with Crippen LogP contribution in [0.15, 0.2) is 22.7 Å². The van der Waals surface area contributed by atoms with Gasteiger partial charge in [0, 0.05) is 29.4 Å². The van der Waals surface area contributed by atoms with E-state index in [-0.39, 0.29) is 0 Å². The van der Waals surface area contributed by atoms with Gasteiger partial charge in [-0.25, -0.2) is 0 Å². The summed E-state index contributed by atoms with van der Waals surface area (Å²) in [6.07, 6.45) is 1.32. The van der Waals surface area contributed by atoms with E-state index in [1.807, 2.05) is 0 Å². The lowest BCUT2D eigenvalue weighted by Crippen LogP contribution is -2.30. The van der Waals surface area contributed by atoms with Gasteiger partial charge in [0.1, 0.15) is 0 Å². The maximum atomic E-state index is 5.64. The fraction of sp³-hybridized carbons (Fsp3) is 0.538. The molecule has 1 saturated heterocycles. The van der Waals surface area contributed by atoms with Crippen LogP contribution in [-0.4, -0.2) is 29.5 Å². The third-order valence-corrected chi connectivity index (χ3v) is 5.18. The summed E-state index contributed by atoms with van der Waals surface area (Å²) in [6.45, 7) is 1.62.